The Morgan fingerprint density at radius 2 is 1.80 bits per heavy atom. The summed E-state index contributed by atoms with van der Waals surface area (Å²) in [6.07, 6.45) is 1.41. The maximum atomic E-state index is 12.3. The number of nitro benzene ring substituents is 1. The topological polar surface area (TPSA) is 78.7 Å². The SMILES string of the molecule is CCOP(=O)(OCC)/C(Cl)=C\c1ccc([N+](=O)[O-])cc1. The van der Waals surface area contributed by atoms with Crippen molar-refractivity contribution in [2.45, 2.75) is 13.8 Å². The maximum Gasteiger partial charge on any atom is 0.372 e. The molecule has 0 aromatic heterocycles. The highest BCUT2D eigenvalue weighted by molar-refractivity contribution is 7.61. The van der Waals surface area contributed by atoms with Crippen LogP contribution < -0.4 is 0 Å². The molecule has 0 N–H and O–H groups in total. The van der Waals surface area contributed by atoms with E-state index in [0.29, 0.717) is 5.56 Å². The molecule has 0 radical (unpaired) electrons. The standard InChI is InChI=1S/C12H15ClNO5P/c1-3-18-20(17,19-4-2)12(13)9-10-5-7-11(8-6-10)14(15)16/h5-9H,3-4H2,1-2H3/b12-9-. The second-order valence-corrected chi connectivity index (χ2v) is 6.31. The molecular weight excluding hydrogens is 305 g/mol. The fraction of sp³-hybridized carbons (Fsp3) is 0.333. The largest absolute Gasteiger partial charge is 0.372 e. The summed E-state index contributed by atoms with van der Waals surface area (Å²) in [4.78, 5) is 10.0. The van der Waals surface area contributed by atoms with E-state index in [1.165, 1.54) is 30.3 Å². The molecule has 0 atom stereocenters. The Hall–Kier alpha value is -1.20. The quantitative estimate of drug-likeness (QED) is 0.423. The second kappa shape index (κ2) is 7.55. The van der Waals surface area contributed by atoms with Crippen LogP contribution in [0.3, 0.4) is 0 Å². The van der Waals surface area contributed by atoms with Gasteiger partial charge in [-0.25, -0.2) is 0 Å². The highest BCUT2D eigenvalue weighted by Crippen LogP contribution is 2.58. The minimum atomic E-state index is -3.51. The van der Waals surface area contributed by atoms with Crippen LogP contribution in [0.1, 0.15) is 19.4 Å². The van der Waals surface area contributed by atoms with Gasteiger partial charge in [0.1, 0.15) is 4.77 Å². The maximum absolute atomic E-state index is 12.3. The van der Waals surface area contributed by atoms with Crippen LogP contribution in [-0.2, 0) is 13.6 Å². The molecule has 0 saturated carbocycles. The zero-order chi connectivity index (χ0) is 15.2. The number of benzene rings is 1. The molecule has 0 heterocycles. The van der Waals surface area contributed by atoms with Crippen LogP contribution in [-0.4, -0.2) is 18.1 Å². The van der Waals surface area contributed by atoms with Crippen LogP contribution >= 0.6 is 19.2 Å². The van der Waals surface area contributed by atoms with Crippen LogP contribution in [0, 0.1) is 10.1 Å². The van der Waals surface area contributed by atoms with E-state index in [0.717, 1.165) is 0 Å². The van der Waals surface area contributed by atoms with Gasteiger partial charge in [0.05, 0.1) is 18.1 Å². The Balaban J connectivity index is 3.01. The van der Waals surface area contributed by atoms with Gasteiger partial charge in [0.15, 0.2) is 0 Å². The molecule has 0 aliphatic rings. The van der Waals surface area contributed by atoms with Crippen molar-refractivity contribution in [2.75, 3.05) is 13.2 Å². The molecule has 0 unspecified atom stereocenters. The summed E-state index contributed by atoms with van der Waals surface area (Å²) in [7, 11) is -3.51. The zero-order valence-corrected chi connectivity index (χ0v) is 12.8. The first-order valence-corrected chi connectivity index (χ1v) is 7.86. The Kier molecular flexibility index (Phi) is 6.36. The van der Waals surface area contributed by atoms with E-state index >= 15 is 0 Å². The third-order valence-corrected chi connectivity index (χ3v) is 4.83. The van der Waals surface area contributed by atoms with Gasteiger partial charge in [0.25, 0.3) is 5.69 Å². The van der Waals surface area contributed by atoms with E-state index < -0.39 is 12.5 Å². The lowest BCUT2D eigenvalue weighted by Gasteiger charge is -2.15. The fourth-order valence-electron chi connectivity index (χ4n) is 1.41. The first-order chi connectivity index (χ1) is 9.42. The van der Waals surface area contributed by atoms with E-state index in [1.807, 2.05) is 0 Å². The third-order valence-electron chi connectivity index (χ3n) is 2.25. The van der Waals surface area contributed by atoms with Gasteiger partial charge >= 0.3 is 7.60 Å². The number of hydrogen-bond acceptors (Lipinski definition) is 5. The number of hydrogen-bond donors (Lipinski definition) is 0. The minimum absolute atomic E-state index is 0.0314. The van der Waals surface area contributed by atoms with Crippen molar-refractivity contribution >= 4 is 31.0 Å². The molecule has 1 aromatic rings. The first kappa shape index (κ1) is 16.9. The van der Waals surface area contributed by atoms with Crippen LogP contribution in [0.25, 0.3) is 6.08 Å². The Bertz CT molecular complexity index is 533. The molecular formula is C12H15ClNO5P. The average molecular weight is 320 g/mol. The molecule has 0 aliphatic carbocycles. The normalized spacial score (nSPS) is 12.4. The van der Waals surface area contributed by atoms with Gasteiger partial charge in [-0.15, -0.1) is 0 Å². The molecule has 8 heteroatoms. The van der Waals surface area contributed by atoms with Gasteiger partial charge in [0.2, 0.25) is 0 Å². The summed E-state index contributed by atoms with van der Waals surface area (Å²) in [6.45, 7) is 3.76. The minimum Gasteiger partial charge on any atom is -0.305 e. The van der Waals surface area contributed by atoms with Crippen LogP contribution in [0.5, 0.6) is 0 Å². The van der Waals surface area contributed by atoms with Gasteiger partial charge < -0.3 is 9.05 Å². The Morgan fingerprint density at radius 3 is 2.20 bits per heavy atom. The van der Waals surface area contributed by atoms with Gasteiger partial charge in [-0.1, -0.05) is 11.6 Å². The number of non-ortho nitro benzene ring substituents is 1. The summed E-state index contributed by atoms with van der Waals surface area (Å²) in [5.74, 6) is 0. The molecule has 0 aliphatic heterocycles. The summed E-state index contributed by atoms with van der Waals surface area (Å²) in [5.41, 5.74) is 0.538. The van der Waals surface area contributed by atoms with Crippen LogP contribution in [0.15, 0.2) is 29.0 Å². The smallest absolute Gasteiger partial charge is 0.305 e. The van der Waals surface area contributed by atoms with Gasteiger partial charge in [0, 0.05) is 12.1 Å². The predicted octanol–water partition coefficient (Wildman–Crippen LogP) is 4.40. The molecule has 0 bridgehead atoms. The Labute approximate surface area is 122 Å². The molecule has 20 heavy (non-hydrogen) atoms. The molecule has 1 aromatic carbocycles. The molecule has 110 valence electrons. The van der Waals surface area contributed by atoms with Crippen molar-refractivity contribution in [1.82, 2.24) is 0 Å². The summed E-state index contributed by atoms with van der Waals surface area (Å²) in [6, 6.07) is 5.68. The van der Waals surface area contributed by atoms with E-state index in [-0.39, 0.29) is 23.7 Å². The number of rotatable bonds is 7. The zero-order valence-electron chi connectivity index (χ0n) is 11.1. The number of nitro groups is 1. The average Bonchev–Trinajstić information content (AvgIpc) is 2.39. The van der Waals surface area contributed by atoms with Crippen molar-refractivity contribution in [1.29, 1.82) is 0 Å². The van der Waals surface area contributed by atoms with Crippen molar-refractivity contribution < 1.29 is 18.5 Å². The van der Waals surface area contributed by atoms with Gasteiger partial charge in [-0.2, -0.15) is 0 Å². The van der Waals surface area contributed by atoms with E-state index in [2.05, 4.69) is 0 Å². The molecule has 0 amide bonds. The summed E-state index contributed by atoms with van der Waals surface area (Å²) < 4.78 is 22.5. The van der Waals surface area contributed by atoms with Gasteiger partial charge in [-0.05, 0) is 37.6 Å². The lowest BCUT2D eigenvalue weighted by atomic mass is 10.2. The summed E-state index contributed by atoms with van der Waals surface area (Å²) >= 11 is 6.00. The molecule has 0 fully saturated rings. The highest BCUT2D eigenvalue weighted by Gasteiger charge is 2.28. The summed E-state index contributed by atoms with van der Waals surface area (Å²) in [5, 5.41) is 10.5. The molecule has 0 spiro atoms. The van der Waals surface area contributed by atoms with Crippen LogP contribution in [0.4, 0.5) is 5.69 Å². The van der Waals surface area contributed by atoms with Crippen molar-refractivity contribution in [3.05, 3.63) is 44.7 Å². The van der Waals surface area contributed by atoms with Crippen LogP contribution in [0.2, 0.25) is 0 Å². The van der Waals surface area contributed by atoms with E-state index in [9.17, 15) is 14.7 Å². The molecule has 6 nitrogen and oxygen atoms in total. The van der Waals surface area contributed by atoms with Crippen molar-refractivity contribution in [3.8, 4) is 0 Å². The van der Waals surface area contributed by atoms with Gasteiger partial charge in [-0.3, -0.25) is 14.7 Å². The Morgan fingerprint density at radius 1 is 1.30 bits per heavy atom. The number of halogens is 1. The first-order valence-electron chi connectivity index (χ1n) is 5.94. The second-order valence-electron chi connectivity index (χ2n) is 3.65. The van der Waals surface area contributed by atoms with Crippen molar-refractivity contribution in [3.63, 3.8) is 0 Å². The molecule has 1 rings (SSSR count). The monoisotopic (exact) mass is 319 g/mol. The lowest BCUT2D eigenvalue weighted by Crippen LogP contribution is -1.95. The van der Waals surface area contributed by atoms with Crippen molar-refractivity contribution in [2.24, 2.45) is 0 Å². The number of nitrogens with zero attached hydrogens (tertiary/aromatic N) is 1. The fourth-order valence-corrected chi connectivity index (χ4v) is 3.14. The van der Waals surface area contributed by atoms with E-state index in [1.54, 1.807) is 13.8 Å². The molecule has 0 saturated heterocycles. The third kappa shape index (κ3) is 4.42. The predicted molar refractivity (Wildman–Crippen MR) is 77.8 cm³/mol. The van der Waals surface area contributed by atoms with E-state index in [4.69, 9.17) is 20.6 Å². The highest BCUT2D eigenvalue weighted by atomic mass is 35.5. The lowest BCUT2D eigenvalue weighted by molar-refractivity contribution is -0.384.